The number of benzene rings is 2. The largest absolute Gasteiger partial charge is 0.438 e. The molecule has 2 aromatic heterocycles. The molecule has 0 saturated carbocycles. The van der Waals surface area contributed by atoms with E-state index in [-0.39, 0.29) is 18.4 Å². The van der Waals surface area contributed by atoms with Crippen LogP contribution in [0.5, 0.6) is 11.6 Å². The van der Waals surface area contributed by atoms with E-state index >= 15 is 0 Å². The normalized spacial score (nSPS) is 11.7. The van der Waals surface area contributed by atoms with Crippen LogP contribution in [-0.4, -0.2) is 20.4 Å². The maximum atomic E-state index is 12.7. The summed E-state index contributed by atoms with van der Waals surface area (Å²) in [5.74, 6) is 0.627. The first-order valence-corrected chi connectivity index (χ1v) is 10.3. The lowest BCUT2D eigenvalue weighted by atomic mass is 10.1. The van der Waals surface area contributed by atoms with Crippen molar-refractivity contribution in [2.45, 2.75) is 32.5 Å². The number of aromatic nitrogens is 3. The minimum atomic E-state index is -4.40. The van der Waals surface area contributed by atoms with Gasteiger partial charge in [-0.1, -0.05) is 12.1 Å². The third-order valence-electron chi connectivity index (χ3n) is 5.03. The van der Waals surface area contributed by atoms with Gasteiger partial charge >= 0.3 is 6.18 Å². The number of fused-ring (bicyclic) bond motifs is 1. The van der Waals surface area contributed by atoms with Crippen molar-refractivity contribution >= 4 is 22.6 Å². The van der Waals surface area contributed by atoms with Crippen LogP contribution < -0.4 is 10.1 Å². The number of nitrogens with one attached hydrogen (secondary N) is 1. The Labute approximate surface area is 188 Å². The number of ether oxygens (including phenoxy) is 1. The molecule has 2 heterocycles. The Kier molecular flexibility index (Phi) is 6.04. The zero-order valence-corrected chi connectivity index (χ0v) is 17.9. The summed E-state index contributed by atoms with van der Waals surface area (Å²) in [6.07, 6.45) is -1.05. The lowest BCUT2D eigenvalue weighted by molar-refractivity contribution is -0.137. The minimum Gasteiger partial charge on any atom is -0.438 e. The highest BCUT2D eigenvalue weighted by molar-refractivity contribution is 5.92. The van der Waals surface area contributed by atoms with Crippen LogP contribution in [-0.2, 0) is 17.4 Å². The Hall–Kier alpha value is -3.88. The third kappa shape index (κ3) is 5.14. The van der Waals surface area contributed by atoms with Gasteiger partial charge in [0.1, 0.15) is 17.7 Å². The summed E-state index contributed by atoms with van der Waals surface area (Å²) in [6, 6.07) is 13.4. The van der Waals surface area contributed by atoms with Crippen LogP contribution in [0.25, 0.3) is 11.0 Å². The smallest absolute Gasteiger partial charge is 0.416 e. The summed E-state index contributed by atoms with van der Waals surface area (Å²) in [4.78, 5) is 20.8. The van der Waals surface area contributed by atoms with E-state index in [1.54, 1.807) is 24.3 Å². The summed E-state index contributed by atoms with van der Waals surface area (Å²) in [7, 11) is 0. The van der Waals surface area contributed by atoms with Crippen molar-refractivity contribution in [2.24, 2.45) is 0 Å². The van der Waals surface area contributed by atoms with Crippen LogP contribution in [0.3, 0.4) is 0 Å². The molecule has 6 nitrogen and oxygen atoms in total. The molecule has 0 unspecified atom stereocenters. The monoisotopic (exact) mass is 454 g/mol. The van der Waals surface area contributed by atoms with Crippen LogP contribution in [0.15, 0.2) is 67.1 Å². The molecular formula is C24H21F3N4O2. The van der Waals surface area contributed by atoms with Crippen molar-refractivity contribution in [2.75, 3.05) is 5.32 Å². The molecule has 1 amide bonds. The highest BCUT2D eigenvalue weighted by atomic mass is 19.4. The first-order valence-electron chi connectivity index (χ1n) is 10.3. The quantitative estimate of drug-likeness (QED) is 0.388. The molecule has 0 spiro atoms. The standard InChI is InChI=1S/C24H21F3N4O2/c1-15(2)31-12-11-20-22(31)28-14-29-23(20)33-19-9-7-18(8-10-19)30-21(32)13-16-3-5-17(6-4-16)24(25,26)27/h3-12,14-15H,13H2,1-2H3,(H,30,32). The molecule has 33 heavy (non-hydrogen) atoms. The molecule has 2 aromatic carbocycles. The second-order valence-electron chi connectivity index (χ2n) is 7.78. The van der Waals surface area contributed by atoms with Gasteiger partial charge in [0.25, 0.3) is 0 Å². The van der Waals surface area contributed by atoms with E-state index in [9.17, 15) is 18.0 Å². The molecule has 0 saturated heterocycles. The molecule has 170 valence electrons. The molecule has 0 aliphatic rings. The zero-order valence-electron chi connectivity index (χ0n) is 17.9. The number of halogens is 3. The molecule has 4 rings (SSSR count). The van der Waals surface area contributed by atoms with E-state index in [1.165, 1.54) is 18.5 Å². The summed E-state index contributed by atoms with van der Waals surface area (Å²) in [5, 5.41) is 3.52. The maximum absolute atomic E-state index is 12.7. The van der Waals surface area contributed by atoms with Gasteiger partial charge in [-0.2, -0.15) is 13.2 Å². The van der Waals surface area contributed by atoms with E-state index in [0.717, 1.165) is 23.2 Å². The molecule has 0 fully saturated rings. The van der Waals surface area contributed by atoms with Gasteiger partial charge in [-0.05, 0) is 61.9 Å². The zero-order chi connectivity index (χ0) is 23.6. The maximum Gasteiger partial charge on any atom is 0.416 e. The number of alkyl halides is 3. The molecule has 0 bridgehead atoms. The van der Waals surface area contributed by atoms with Crippen molar-refractivity contribution < 1.29 is 22.7 Å². The summed E-state index contributed by atoms with van der Waals surface area (Å²) in [5.41, 5.74) is 1.06. The van der Waals surface area contributed by atoms with Gasteiger partial charge in [0.2, 0.25) is 11.8 Å². The van der Waals surface area contributed by atoms with Gasteiger partial charge in [0.15, 0.2) is 0 Å². The van der Waals surface area contributed by atoms with Crippen LogP contribution >= 0.6 is 0 Å². The predicted octanol–water partition coefficient (Wildman–Crippen LogP) is 6.00. The summed E-state index contributed by atoms with van der Waals surface area (Å²) >= 11 is 0. The predicted molar refractivity (Wildman–Crippen MR) is 118 cm³/mol. The number of hydrogen-bond donors (Lipinski definition) is 1. The Morgan fingerprint density at radius 3 is 2.36 bits per heavy atom. The molecule has 9 heteroatoms. The molecule has 4 aromatic rings. The number of amides is 1. The van der Waals surface area contributed by atoms with Gasteiger partial charge in [-0.15, -0.1) is 0 Å². The topological polar surface area (TPSA) is 69.0 Å². The van der Waals surface area contributed by atoms with Crippen molar-refractivity contribution in [3.05, 3.63) is 78.2 Å². The molecule has 0 aliphatic carbocycles. The SMILES string of the molecule is CC(C)n1ccc2c(Oc3ccc(NC(=O)Cc4ccc(C(F)(F)F)cc4)cc3)ncnc21. The first kappa shape index (κ1) is 22.3. The minimum absolute atomic E-state index is 0.0395. The van der Waals surface area contributed by atoms with Gasteiger partial charge < -0.3 is 14.6 Å². The summed E-state index contributed by atoms with van der Waals surface area (Å²) in [6.45, 7) is 4.12. The summed E-state index contributed by atoms with van der Waals surface area (Å²) < 4.78 is 45.9. The molecule has 0 aliphatic heterocycles. The van der Waals surface area contributed by atoms with Gasteiger partial charge in [0.05, 0.1) is 17.4 Å². The average molecular weight is 454 g/mol. The van der Waals surface area contributed by atoms with Crippen LogP contribution in [0.2, 0.25) is 0 Å². The Bertz CT molecular complexity index is 1260. The highest BCUT2D eigenvalue weighted by Gasteiger charge is 2.30. The van der Waals surface area contributed by atoms with E-state index in [1.807, 2.05) is 16.8 Å². The number of carbonyl (C=O) groups is 1. The fourth-order valence-electron chi connectivity index (χ4n) is 3.37. The van der Waals surface area contributed by atoms with E-state index in [2.05, 4.69) is 29.1 Å². The van der Waals surface area contributed by atoms with Crippen molar-refractivity contribution in [1.82, 2.24) is 14.5 Å². The Morgan fingerprint density at radius 2 is 1.73 bits per heavy atom. The van der Waals surface area contributed by atoms with E-state index in [4.69, 9.17) is 4.74 Å². The van der Waals surface area contributed by atoms with Crippen molar-refractivity contribution in [3.8, 4) is 11.6 Å². The molecule has 1 N–H and O–H groups in total. The van der Waals surface area contributed by atoms with Crippen LogP contribution in [0.4, 0.5) is 18.9 Å². The van der Waals surface area contributed by atoms with Crippen LogP contribution in [0.1, 0.15) is 31.0 Å². The number of nitrogens with zero attached hydrogens (tertiary/aromatic N) is 3. The lowest BCUT2D eigenvalue weighted by Crippen LogP contribution is -2.14. The second-order valence-corrected chi connectivity index (χ2v) is 7.78. The van der Waals surface area contributed by atoms with E-state index in [0.29, 0.717) is 22.9 Å². The van der Waals surface area contributed by atoms with E-state index < -0.39 is 11.7 Å². The first-order chi connectivity index (χ1) is 15.7. The highest BCUT2D eigenvalue weighted by Crippen LogP contribution is 2.30. The fraction of sp³-hybridized carbons (Fsp3) is 0.208. The Balaban J connectivity index is 1.40. The van der Waals surface area contributed by atoms with Gasteiger partial charge in [-0.3, -0.25) is 4.79 Å². The number of rotatable bonds is 6. The number of anilines is 1. The van der Waals surface area contributed by atoms with Crippen molar-refractivity contribution in [3.63, 3.8) is 0 Å². The Morgan fingerprint density at radius 1 is 1.03 bits per heavy atom. The number of carbonyl (C=O) groups excluding carboxylic acids is 1. The fourth-order valence-corrected chi connectivity index (χ4v) is 3.37. The third-order valence-corrected chi connectivity index (χ3v) is 5.03. The average Bonchev–Trinajstić information content (AvgIpc) is 3.20. The van der Waals surface area contributed by atoms with Crippen molar-refractivity contribution in [1.29, 1.82) is 0 Å². The molecule has 0 radical (unpaired) electrons. The van der Waals surface area contributed by atoms with Gasteiger partial charge in [0, 0.05) is 17.9 Å². The van der Waals surface area contributed by atoms with Crippen LogP contribution in [0, 0.1) is 0 Å². The van der Waals surface area contributed by atoms with Gasteiger partial charge in [-0.25, -0.2) is 9.97 Å². The lowest BCUT2D eigenvalue weighted by Gasteiger charge is -2.10. The molecular weight excluding hydrogens is 433 g/mol. The second kappa shape index (κ2) is 8.93. The molecule has 0 atom stereocenters. The number of hydrogen-bond acceptors (Lipinski definition) is 4.